The smallest absolute Gasteiger partial charge is 0.0894 e. The van der Waals surface area contributed by atoms with Crippen LogP contribution in [0.1, 0.15) is 32.1 Å². The predicted molar refractivity (Wildman–Crippen MR) is 48.2 cm³/mol. The topological polar surface area (TPSA) is 0 Å². The molecule has 58 valence electrons. The number of hydrogen-bond acceptors (Lipinski definition) is 0. The fourth-order valence-electron chi connectivity index (χ4n) is 2.57. The SMILES string of the molecule is FCCCC12CC(I)(C1)C2. The van der Waals surface area contributed by atoms with Gasteiger partial charge in [-0.3, -0.25) is 4.39 Å². The van der Waals surface area contributed by atoms with E-state index in [4.69, 9.17) is 0 Å². The first-order valence-electron chi connectivity index (χ1n) is 3.93. The summed E-state index contributed by atoms with van der Waals surface area (Å²) in [7, 11) is 0. The van der Waals surface area contributed by atoms with Crippen LogP contribution in [0, 0.1) is 5.41 Å². The lowest BCUT2D eigenvalue weighted by molar-refractivity contribution is -0.0716. The summed E-state index contributed by atoms with van der Waals surface area (Å²) in [5.74, 6) is 0. The maximum atomic E-state index is 11.8. The number of halogens is 2. The minimum absolute atomic E-state index is 0.115. The molecule has 0 heterocycles. The van der Waals surface area contributed by atoms with Crippen molar-refractivity contribution in [1.29, 1.82) is 0 Å². The van der Waals surface area contributed by atoms with Crippen molar-refractivity contribution < 1.29 is 4.39 Å². The highest BCUT2D eigenvalue weighted by Crippen LogP contribution is 2.73. The van der Waals surface area contributed by atoms with Crippen molar-refractivity contribution in [2.75, 3.05) is 6.67 Å². The Morgan fingerprint density at radius 1 is 1.30 bits per heavy atom. The van der Waals surface area contributed by atoms with Crippen LogP contribution in [0.2, 0.25) is 0 Å². The van der Waals surface area contributed by atoms with E-state index in [0.717, 1.165) is 12.8 Å². The van der Waals surface area contributed by atoms with Gasteiger partial charge in [-0.15, -0.1) is 0 Å². The number of alkyl halides is 2. The highest BCUT2D eigenvalue weighted by atomic mass is 127. The van der Waals surface area contributed by atoms with E-state index in [9.17, 15) is 4.39 Å². The summed E-state index contributed by atoms with van der Waals surface area (Å²) in [6, 6.07) is 0. The van der Waals surface area contributed by atoms with Crippen molar-refractivity contribution in [2.24, 2.45) is 5.41 Å². The van der Waals surface area contributed by atoms with E-state index >= 15 is 0 Å². The third-order valence-electron chi connectivity index (χ3n) is 2.92. The maximum absolute atomic E-state index is 11.8. The number of rotatable bonds is 3. The summed E-state index contributed by atoms with van der Waals surface area (Å²) in [6.07, 6.45) is 6.07. The molecule has 3 aliphatic carbocycles. The normalized spacial score (nSPS) is 49.8. The van der Waals surface area contributed by atoms with E-state index in [-0.39, 0.29) is 6.67 Å². The molecule has 0 aromatic carbocycles. The van der Waals surface area contributed by atoms with Gasteiger partial charge in [-0.25, -0.2) is 0 Å². The number of hydrogen-bond donors (Lipinski definition) is 0. The van der Waals surface area contributed by atoms with E-state index in [2.05, 4.69) is 22.6 Å². The lowest BCUT2D eigenvalue weighted by Gasteiger charge is -2.68. The fourth-order valence-corrected chi connectivity index (χ4v) is 5.00. The Hall–Kier alpha value is 0.660. The van der Waals surface area contributed by atoms with Crippen LogP contribution in [-0.4, -0.2) is 10.1 Å². The van der Waals surface area contributed by atoms with Crippen LogP contribution in [0.25, 0.3) is 0 Å². The summed E-state index contributed by atoms with van der Waals surface area (Å²) in [5, 5.41) is 0. The monoisotopic (exact) mass is 254 g/mol. The minimum Gasteiger partial charge on any atom is -0.251 e. The fraction of sp³-hybridized carbons (Fsp3) is 1.00. The molecule has 0 aliphatic heterocycles. The van der Waals surface area contributed by atoms with Gasteiger partial charge in [0.05, 0.1) is 6.67 Å². The lowest BCUT2D eigenvalue weighted by atomic mass is 9.43. The van der Waals surface area contributed by atoms with E-state index < -0.39 is 0 Å². The molecular formula is C8H12FI. The molecule has 10 heavy (non-hydrogen) atoms. The Kier molecular flexibility index (Phi) is 1.52. The Morgan fingerprint density at radius 2 is 1.90 bits per heavy atom. The predicted octanol–water partition coefficient (Wildman–Crippen LogP) is 3.09. The van der Waals surface area contributed by atoms with Crippen molar-refractivity contribution in [3.05, 3.63) is 0 Å². The average Bonchev–Trinajstić information content (AvgIpc) is 1.75. The van der Waals surface area contributed by atoms with Crippen molar-refractivity contribution in [3.63, 3.8) is 0 Å². The van der Waals surface area contributed by atoms with Gasteiger partial charge in [0.1, 0.15) is 0 Å². The van der Waals surface area contributed by atoms with Crippen LogP contribution in [0.3, 0.4) is 0 Å². The molecule has 0 aromatic rings. The van der Waals surface area contributed by atoms with Gasteiger partial charge in [0.15, 0.2) is 0 Å². The van der Waals surface area contributed by atoms with Crippen molar-refractivity contribution >= 4 is 22.6 Å². The molecule has 0 aromatic heterocycles. The van der Waals surface area contributed by atoms with Crippen molar-refractivity contribution in [2.45, 2.75) is 35.5 Å². The van der Waals surface area contributed by atoms with E-state index in [1.54, 1.807) is 0 Å². The van der Waals surface area contributed by atoms with Crippen LogP contribution in [-0.2, 0) is 0 Å². The zero-order chi connectivity index (χ0) is 7.24. The molecule has 0 saturated heterocycles. The molecule has 0 spiro atoms. The second-order valence-electron chi connectivity index (χ2n) is 3.97. The van der Waals surface area contributed by atoms with Gasteiger partial charge in [0.2, 0.25) is 0 Å². The second kappa shape index (κ2) is 2.08. The van der Waals surface area contributed by atoms with E-state index in [1.165, 1.54) is 19.3 Å². The highest BCUT2D eigenvalue weighted by molar-refractivity contribution is 14.1. The summed E-state index contributed by atoms with van der Waals surface area (Å²) >= 11 is 2.56. The summed E-state index contributed by atoms with van der Waals surface area (Å²) in [5.41, 5.74) is 0.632. The molecule has 3 fully saturated rings. The molecule has 0 radical (unpaired) electrons. The molecule has 0 amide bonds. The summed E-state index contributed by atoms with van der Waals surface area (Å²) in [4.78, 5) is 0. The van der Waals surface area contributed by atoms with Crippen LogP contribution in [0.5, 0.6) is 0 Å². The highest BCUT2D eigenvalue weighted by Gasteiger charge is 2.65. The Labute approximate surface area is 74.7 Å². The molecule has 2 heteroatoms. The maximum Gasteiger partial charge on any atom is 0.0894 e. The zero-order valence-corrected chi connectivity index (χ0v) is 8.16. The van der Waals surface area contributed by atoms with Gasteiger partial charge in [-0.1, -0.05) is 22.6 Å². The molecule has 0 nitrogen and oxygen atoms in total. The van der Waals surface area contributed by atoms with Crippen LogP contribution >= 0.6 is 22.6 Å². The summed E-state index contributed by atoms with van der Waals surface area (Å²) in [6.45, 7) is -0.115. The third kappa shape index (κ3) is 0.908. The molecule has 0 atom stereocenters. The summed E-state index contributed by atoms with van der Waals surface area (Å²) < 4.78 is 12.5. The average molecular weight is 254 g/mol. The Bertz CT molecular complexity index is 136. The van der Waals surface area contributed by atoms with Gasteiger partial charge >= 0.3 is 0 Å². The van der Waals surface area contributed by atoms with Gasteiger partial charge in [-0.05, 0) is 37.5 Å². The first-order valence-corrected chi connectivity index (χ1v) is 5.01. The standard InChI is InChI=1S/C8H12FI/c9-3-1-2-7-4-8(10,5-7)6-7/h1-6H2. The molecule has 0 N–H and O–H groups in total. The molecule has 3 rings (SSSR count). The first kappa shape index (κ1) is 7.32. The van der Waals surface area contributed by atoms with Crippen LogP contribution in [0.15, 0.2) is 0 Å². The molecule has 3 aliphatic rings. The zero-order valence-electron chi connectivity index (χ0n) is 6.00. The minimum atomic E-state index is -0.115. The van der Waals surface area contributed by atoms with Crippen molar-refractivity contribution in [1.82, 2.24) is 0 Å². The molecule has 3 saturated carbocycles. The molecule has 0 unspecified atom stereocenters. The van der Waals surface area contributed by atoms with Gasteiger partial charge in [0, 0.05) is 3.42 Å². The Morgan fingerprint density at radius 3 is 2.30 bits per heavy atom. The second-order valence-corrected chi connectivity index (χ2v) is 6.26. The van der Waals surface area contributed by atoms with Gasteiger partial charge < -0.3 is 0 Å². The van der Waals surface area contributed by atoms with E-state index in [0.29, 0.717) is 8.84 Å². The lowest BCUT2D eigenvalue weighted by Crippen LogP contribution is -2.62. The Balaban J connectivity index is 1.77. The van der Waals surface area contributed by atoms with E-state index in [1.807, 2.05) is 0 Å². The quantitative estimate of drug-likeness (QED) is 0.536. The largest absolute Gasteiger partial charge is 0.251 e. The van der Waals surface area contributed by atoms with Gasteiger partial charge in [0.25, 0.3) is 0 Å². The molecular weight excluding hydrogens is 242 g/mol. The van der Waals surface area contributed by atoms with Crippen LogP contribution < -0.4 is 0 Å². The third-order valence-corrected chi connectivity index (χ3v) is 4.06. The molecule has 2 bridgehead atoms. The van der Waals surface area contributed by atoms with Crippen molar-refractivity contribution in [3.8, 4) is 0 Å². The van der Waals surface area contributed by atoms with Gasteiger partial charge in [-0.2, -0.15) is 0 Å². The first-order chi connectivity index (χ1) is 4.68. The van der Waals surface area contributed by atoms with Crippen LogP contribution in [0.4, 0.5) is 4.39 Å².